The third-order valence-electron chi connectivity index (χ3n) is 5.71. The van der Waals surface area contributed by atoms with Gasteiger partial charge in [0.05, 0.1) is 25.8 Å². The maximum atomic E-state index is 13.0. The van der Waals surface area contributed by atoms with E-state index < -0.39 is 9.84 Å². The molecule has 0 atom stereocenters. The summed E-state index contributed by atoms with van der Waals surface area (Å²) in [5.41, 5.74) is 0.857. The topological polar surface area (TPSA) is 85.4 Å². The van der Waals surface area contributed by atoms with E-state index in [1.807, 2.05) is 19.1 Å². The molecule has 0 bridgehead atoms. The van der Waals surface area contributed by atoms with Gasteiger partial charge in [-0.2, -0.15) is 0 Å². The zero-order valence-corrected chi connectivity index (χ0v) is 19.0. The molecule has 0 radical (unpaired) electrons. The molecular weight excluding hydrogens is 432 g/mol. The van der Waals surface area contributed by atoms with Crippen LogP contribution in [-0.2, 0) is 21.1 Å². The van der Waals surface area contributed by atoms with Gasteiger partial charge in [0, 0.05) is 25.5 Å². The Bertz CT molecular complexity index is 1110. The van der Waals surface area contributed by atoms with Gasteiger partial charge in [-0.15, -0.1) is 11.3 Å². The zero-order valence-electron chi connectivity index (χ0n) is 17.4. The van der Waals surface area contributed by atoms with Crippen LogP contribution in [0.1, 0.15) is 47.8 Å². The second-order valence-electron chi connectivity index (χ2n) is 7.75. The first kappa shape index (κ1) is 21.9. The van der Waals surface area contributed by atoms with E-state index in [-0.39, 0.29) is 17.3 Å². The lowest BCUT2D eigenvalue weighted by atomic mass is 9.97. The number of hydrogen-bond donors (Lipinski definition) is 1. The largest absolute Gasteiger partial charge is 0.379 e. The average Bonchev–Trinajstić information content (AvgIpc) is 3.23. The Morgan fingerprint density at radius 1 is 1.16 bits per heavy atom. The smallest absolute Gasteiger partial charge is 0.261 e. The molecular formula is C23H26N2O4S2. The van der Waals surface area contributed by atoms with Crippen molar-refractivity contribution in [2.45, 2.75) is 55.4 Å². The number of aromatic nitrogens is 1. The number of carbonyl (C=O) groups excluding carboxylic acids is 1. The van der Waals surface area contributed by atoms with Crippen molar-refractivity contribution in [1.29, 1.82) is 0 Å². The molecule has 31 heavy (non-hydrogen) atoms. The molecule has 2 heterocycles. The Balaban J connectivity index is 1.36. The molecule has 1 aliphatic carbocycles. The Kier molecular flexibility index (Phi) is 6.69. The summed E-state index contributed by atoms with van der Waals surface area (Å²) >= 11 is 1.40. The van der Waals surface area contributed by atoms with E-state index in [1.54, 1.807) is 36.7 Å². The van der Waals surface area contributed by atoms with Crippen LogP contribution < -0.4 is 5.32 Å². The number of amides is 1. The van der Waals surface area contributed by atoms with Crippen LogP contribution in [0.5, 0.6) is 0 Å². The summed E-state index contributed by atoms with van der Waals surface area (Å²) < 4.78 is 32.6. The van der Waals surface area contributed by atoms with Crippen molar-refractivity contribution in [3.05, 3.63) is 59.2 Å². The summed E-state index contributed by atoms with van der Waals surface area (Å²) in [6, 6.07) is 10.6. The summed E-state index contributed by atoms with van der Waals surface area (Å²) in [6.45, 7) is 2.97. The van der Waals surface area contributed by atoms with Crippen LogP contribution >= 0.6 is 11.3 Å². The van der Waals surface area contributed by atoms with E-state index in [2.05, 4.69) is 10.3 Å². The van der Waals surface area contributed by atoms with Crippen molar-refractivity contribution in [2.75, 3.05) is 6.61 Å². The van der Waals surface area contributed by atoms with E-state index in [1.165, 1.54) is 11.3 Å². The number of pyridine rings is 1. The summed E-state index contributed by atoms with van der Waals surface area (Å²) in [7, 11) is -3.35. The van der Waals surface area contributed by atoms with Gasteiger partial charge in [0.1, 0.15) is 0 Å². The first-order valence-corrected chi connectivity index (χ1v) is 12.9. The maximum absolute atomic E-state index is 13.0. The van der Waals surface area contributed by atoms with Crippen LogP contribution in [-0.4, -0.2) is 37.3 Å². The predicted molar refractivity (Wildman–Crippen MR) is 122 cm³/mol. The summed E-state index contributed by atoms with van der Waals surface area (Å²) in [5, 5.41) is 3.55. The minimum absolute atomic E-state index is 0.149. The number of fused-ring (bicyclic) bond motifs is 1. The van der Waals surface area contributed by atoms with Gasteiger partial charge in [0.15, 0.2) is 9.84 Å². The monoisotopic (exact) mass is 458 g/mol. The molecule has 1 aromatic carbocycles. The number of sulfone groups is 1. The Labute approximate surface area is 186 Å². The van der Waals surface area contributed by atoms with Crippen molar-refractivity contribution in [1.82, 2.24) is 10.3 Å². The molecule has 2 aromatic heterocycles. The number of nitrogens with one attached hydrogen (secondary N) is 1. The van der Waals surface area contributed by atoms with E-state index >= 15 is 0 Å². The molecule has 0 unspecified atom stereocenters. The van der Waals surface area contributed by atoms with Crippen molar-refractivity contribution >= 4 is 37.2 Å². The van der Waals surface area contributed by atoms with Crippen LogP contribution in [0.2, 0.25) is 0 Å². The normalized spacial score (nSPS) is 19.4. The molecule has 0 spiro atoms. The average molecular weight is 459 g/mol. The van der Waals surface area contributed by atoms with Crippen LogP contribution in [0.25, 0.3) is 10.1 Å². The second kappa shape index (κ2) is 9.46. The molecule has 1 fully saturated rings. The van der Waals surface area contributed by atoms with E-state index in [0.717, 1.165) is 28.5 Å². The van der Waals surface area contributed by atoms with Gasteiger partial charge in [-0.3, -0.25) is 9.78 Å². The van der Waals surface area contributed by atoms with Crippen molar-refractivity contribution in [3.63, 3.8) is 0 Å². The van der Waals surface area contributed by atoms with E-state index in [9.17, 15) is 13.2 Å². The number of nitrogens with zero attached hydrogens (tertiary/aromatic N) is 1. The maximum Gasteiger partial charge on any atom is 0.261 e. The summed E-state index contributed by atoms with van der Waals surface area (Å²) in [5.74, 6) is -0.149. The van der Waals surface area contributed by atoms with Gasteiger partial charge in [-0.25, -0.2) is 8.42 Å². The van der Waals surface area contributed by atoms with Crippen molar-refractivity contribution in [2.24, 2.45) is 0 Å². The SMILES string of the molecule is CCOC1CCC(S(=O)(=O)c2ccc(CNC(=O)c3cc4ccncc4s3)cc2)CC1. The highest BCUT2D eigenvalue weighted by molar-refractivity contribution is 7.92. The third-order valence-corrected chi connectivity index (χ3v) is 9.08. The fourth-order valence-electron chi connectivity index (χ4n) is 4.00. The Morgan fingerprint density at radius 3 is 2.58 bits per heavy atom. The van der Waals surface area contributed by atoms with Crippen molar-refractivity contribution < 1.29 is 17.9 Å². The summed E-state index contributed by atoms with van der Waals surface area (Å²) in [6.07, 6.45) is 6.48. The van der Waals surface area contributed by atoms with Gasteiger partial charge in [-0.1, -0.05) is 12.1 Å². The molecule has 3 aromatic rings. The molecule has 6 nitrogen and oxygen atoms in total. The molecule has 1 aliphatic rings. The molecule has 1 N–H and O–H groups in total. The van der Waals surface area contributed by atoms with E-state index in [4.69, 9.17) is 4.74 Å². The second-order valence-corrected chi connectivity index (χ2v) is 11.1. The molecule has 8 heteroatoms. The number of benzene rings is 1. The van der Waals surface area contributed by atoms with Gasteiger partial charge in [-0.05, 0) is 67.8 Å². The molecule has 0 aliphatic heterocycles. The molecule has 0 saturated heterocycles. The lowest BCUT2D eigenvalue weighted by Crippen LogP contribution is -2.30. The molecule has 1 amide bonds. The quantitative estimate of drug-likeness (QED) is 0.569. The fourth-order valence-corrected chi connectivity index (χ4v) is 6.74. The highest BCUT2D eigenvalue weighted by Gasteiger charge is 2.32. The van der Waals surface area contributed by atoms with Crippen LogP contribution in [0, 0.1) is 0 Å². The van der Waals surface area contributed by atoms with Gasteiger partial charge in [0.25, 0.3) is 5.91 Å². The minimum Gasteiger partial charge on any atom is -0.379 e. The summed E-state index contributed by atoms with van der Waals surface area (Å²) in [4.78, 5) is 17.5. The van der Waals surface area contributed by atoms with Gasteiger partial charge in [0.2, 0.25) is 0 Å². The lowest BCUT2D eigenvalue weighted by Gasteiger charge is -2.28. The lowest BCUT2D eigenvalue weighted by molar-refractivity contribution is 0.0375. The minimum atomic E-state index is -3.35. The third kappa shape index (κ3) is 4.97. The van der Waals surface area contributed by atoms with Gasteiger partial charge < -0.3 is 10.1 Å². The predicted octanol–water partition coefficient (Wildman–Crippen LogP) is 4.35. The number of carbonyl (C=O) groups is 1. The molecule has 4 rings (SSSR count). The van der Waals surface area contributed by atoms with Gasteiger partial charge >= 0.3 is 0 Å². The highest BCUT2D eigenvalue weighted by Crippen LogP contribution is 2.30. The zero-order chi connectivity index (χ0) is 21.8. The highest BCUT2D eigenvalue weighted by atomic mass is 32.2. The number of thiophene rings is 1. The Hall–Kier alpha value is -2.29. The first-order valence-electron chi connectivity index (χ1n) is 10.5. The number of rotatable bonds is 7. The standard InChI is InChI=1S/C23H26N2O4S2/c1-2-29-18-5-9-20(10-6-18)31(27,28)19-7-3-16(4-8-19)14-25-23(26)21-13-17-11-12-24-15-22(17)30-21/h3-4,7-8,11-13,15,18,20H,2,5-6,9-10,14H2,1H3,(H,25,26). The molecule has 164 valence electrons. The first-order chi connectivity index (χ1) is 15.0. The van der Waals surface area contributed by atoms with Crippen LogP contribution in [0.15, 0.2) is 53.7 Å². The van der Waals surface area contributed by atoms with Crippen LogP contribution in [0.4, 0.5) is 0 Å². The fraction of sp³-hybridized carbons (Fsp3) is 0.391. The van der Waals surface area contributed by atoms with E-state index in [0.29, 0.717) is 35.8 Å². The number of ether oxygens (including phenoxy) is 1. The Morgan fingerprint density at radius 2 is 1.90 bits per heavy atom. The van der Waals surface area contributed by atoms with Crippen LogP contribution in [0.3, 0.4) is 0 Å². The number of hydrogen-bond acceptors (Lipinski definition) is 6. The van der Waals surface area contributed by atoms with Crippen molar-refractivity contribution in [3.8, 4) is 0 Å². The molecule has 1 saturated carbocycles.